The second-order valence-electron chi connectivity index (χ2n) is 3.05. The number of methoxy groups -OCH3 is 1. The third-order valence-electron chi connectivity index (χ3n) is 2.14. The van der Waals surface area contributed by atoms with Gasteiger partial charge in [0.25, 0.3) is 0 Å². The second kappa shape index (κ2) is 3.80. The Kier molecular flexibility index (Phi) is 2.50. The van der Waals surface area contributed by atoms with Crippen LogP contribution < -0.4 is 4.74 Å². The molecule has 1 heterocycles. The minimum absolute atomic E-state index is 0.890. The molecular formula is C11H11NOS. The van der Waals surface area contributed by atoms with E-state index in [0.29, 0.717) is 0 Å². The molecule has 0 amide bonds. The molecule has 0 aliphatic rings. The van der Waals surface area contributed by atoms with Crippen LogP contribution in [0.4, 0.5) is 0 Å². The van der Waals surface area contributed by atoms with Crippen LogP contribution in [0.15, 0.2) is 29.1 Å². The normalized spacial score (nSPS) is 10.1. The molecule has 0 radical (unpaired) electrons. The fourth-order valence-electron chi connectivity index (χ4n) is 1.40. The zero-order chi connectivity index (χ0) is 9.97. The van der Waals surface area contributed by atoms with Crippen molar-refractivity contribution in [3.05, 3.63) is 34.7 Å². The van der Waals surface area contributed by atoms with Crippen molar-refractivity contribution in [1.82, 2.24) is 4.98 Å². The van der Waals surface area contributed by atoms with Gasteiger partial charge in [0.1, 0.15) is 5.75 Å². The highest BCUT2D eigenvalue weighted by Crippen LogP contribution is 2.26. The molecule has 72 valence electrons. The van der Waals surface area contributed by atoms with Gasteiger partial charge in [0, 0.05) is 10.9 Å². The molecular weight excluding hydrogens is 194 g/mol. The van der Waals surface area contributed by atoms with Crippen LogP contribution in [0.3, 0.4) is 0 Å². The van der Waals surface area contributed by atoms with Crippen LogP contribution in [-0.2, 0) is 0 Å². The number of hydrogen-bond acceptors (Lipinski definition) is 3. The highest BCUT2D eigenvalue weighted by molar-refractivity contribution is 7.07. The third kappa shape index (κ3) is 1.63. The van der Waals surface area contributed by atoms with Crippen LogP contribution in [-0.4, -0.2) is 12.1 Å². The van der Waals surface area contributed by atoms with Gasteiger partial charge in [0.05, 0.1) is 18.3 Å². The van der Waals surface area contributed by atoms with Gasteiger partial charge in [0.15, 0.2) is 0 Å². The average molecular weight is 205 g/mol. The van der Waals surface area contributed by atoms with E-state index >= 15 is 0 Å². The fourth-order valence-corrected chi connectivity index (χ4v) is 1.95. The third-order valence-corrected chi connectivity index (χ3v) is 2.73. The molecule has 1 aromatic heterocycles. The van der Waals surface area contributed by atoms with Crippen LogP contribution in [0.1, 0.15) is 5.56 Å². The first-order valence-corrected chi connectivity index (χ1v) is 5.29. The smallest absolute Gasteiger partial charge is 0.119 e. The van der Waals surface area contributed by atoms with Gasteiger partial charge in [-0.05, 0) is 30.7 Å². The second-order valence-corrected chi connectivity index (χ2v) is 3.77. The summed E-state index contributed by atoms with van der Waals surface area (Å²) in [7, 11) is 1.68. The summed E-state index contributed by atoms with van der Waals surface area (Å²) in [6.45, 7) is 2.07. The minimum atomic E-state index is 0.890. The first-order valence-electron chi connectivity index (χ1n) is 4.34. The molecule has 0 atom stereocenters. The summed E-state index contributed by atoms with van der Waals surface area (Å²) < 4.78 is 5.15. The molecule has 0 aliphatic heterocycles. The quantitative estimate of drug-likeness (QED) is 0.751. The highest BCUT2D eigenvalue weighted by Gasteiger charge is 2.04. The largest absolute Gasteiger partial charge is 0.497 e. The Balaban J connectivity index is 2.46. The lowest BCUT2D eigenvalue weighted by molar-refractivity contribution is 0.414. The highest BCUT2D eigenvalue weighted by atomic mass is 32.1. The molecule has 0 aliphatic carbocycles. The van der Waals surface area contributed by atoms with Crippen molar-refractivity contribution in [2.75, 3.05) is 7.11 Å². The Labute approximate surface area is 87.2 Å². The maximum atomic E-state index is 5.15. The summed E-state index contributed by atoms with van der Waals surface area (Å²) in [5, 5.41) is 2.05. The van der Waals surface area contributed by atoms with E-state index in [4.69, 9.17) is 4.74 Å². The maximum Gasteiger partial charge on any atom is 0.119 e. The predicted octanol–water partition coefficient (Wildman–Crippen LogP) is 3.13. The molecule has 0 bridgehead atoms. The van der Waals surface area contributed by atoms with Crippen LogP contribution in [0.25, 0.3) is 11.3 Å². The lowest BCUT2D eigenvalue weighted by atomic mass is 10.1. The van der Waals surface area contributed by atoms with Crippen LogP contribution >= 0.6 is 11.3 Å². The molecule has 2 nitrogen and oxygen atoms in total. The minimum Gasteiger partial charge on any atom is -0.497 e. The average Bonchev–Trinajstić information content (AvgIpc) is 2.70. The summed E-state index contributed by atoms with van der Waals surface area (Å²) in [4.78, 5) is 4.28. The number of rotatable bonds is 2. The lowest BCUT2D eigenvalue weighted by Crippen LogP contribution is -1.86. The van der Waals surface area contributed by atoms with Gasteiger partial charge in [-0.2, -0.15) is 0 Å². The zero-order valence-corrected chi connectivity index (χ0v) is 8.97. The van der Waals surface area contributed by atoms with Gasteiger partial charge < -0.3 is 4.74 Å². The van der Waals surface area contributed by atoms with Crippen molar-refractivity contribution in [2.24, 2.45) is 0 Å². The molecule has 1 aromatic carbocycles. The Bertz CT molecular complexity index is 423. The number of ether oxygens (including phenoxy) is 1. The predicted molar refractivity (Wildman–Crippen MR) is 58.8 cm³/mol. The van der Waals surface area contributed by atoms with Crippen molar-refractivity contribution in [3.63, 3.8) is 0 Å². The first-order chi connectivity index (χ1) is 6.81. The van der Waals surface area contributed by atoms with E-state index in [-0.39, 0.29) is 0 Å². The van der Waals surface area contributed by atoms with E-state index in [0.717, 1.165) is 11.4 Å². The molecule has 2 rings (SSSR count). The van der Waals surface area contributed by atoms with Gasteiger partial charge >= 0.3 is 0 Å². The van der Waals surface area contributed by atoms with E-state index in [1.165, 1.54) is 11.1 Å². The van der Waals surface area contributed by atoms with Crippen molar-refractivity contribution >= 4 is 11.3 Å². The molecule has 14 heavy (non-hydrogen) atoms. The van der Waals surface area contributed by atoms with Crippen LogP contribution in [0.5, 0.6) is 5.75 Å². The van der Waals surface area contributed by atoms with Gasteiger partial charge in [-0.3, -0.25) is 0 Å². The van der Waals surface area contributed by atoms with Gasteiger partial charge in [0.2, 0.25) is 0 Å². The number of aryl methyl sites for hydroxylation is 1. The standard InChI is InChI=1S/C11H11NOS/c1-8-5-9(13-2)3-4-10(8)11-6-14-7-12-11/h3-7H,1-2H3. The summed E-state index contributed by atoms with van der Waals surface area (Å²) >= 11 is 1.61. The number of nitrogens with zero attached hydrogens (tertiary/aromatic N) is 1. The molecule has 0 N–H and O–H groups in total. The Hall–Kier alpha value is -1.35. The van der Waals surface area contributed by atoms with Gasteiger partial charge in [-0.15, -0.1) is 11.3 Å². The van der Waals surface area contributed by atoms with Crippen LogP contribution in [0.2, 0.25) is 0 Å². The Morgan fingerprint density at radius 2 is 2.21 bits per heavy atom. The maximum absolute atomic E-state index is 5.15. The molecule has 0 fully saturated rings. The molecule has 0 unspecified atom stereocenters. The van der Waals surface area contributed by atoms with Crippen LogP contribution in [0, 0.1) is 6.92 Å². The molecule has 0 saturated carbocycles. The van der Waals surface area contributed by atoms with E-state index < -0.39 is 0 Å². The Morgan fingerprint density at radius 1 is 1.36 bits per heavy atom. The topological polar surface area (TPSA) is 22.1 Å². The number of thiazole rings is 1. The Morgan fingerprint density at radius 3 is 2.79 bits per heavy atom. The molecule has 0 spiro atoms. The number of benzene rings is 1. The van der Waals surface area contributed by atoms with Crippen molar-refractivity contribution in [3.8, 4) is 17.0 Å². The SMILES string of the molecule is COc1ccc(-c2cscn2)c(C)c1. The number of hydrogen-bond donors (Lipinski definition) is 0. The zero-order valence-electron chi connectivity index (χ0n) is 8.15. The van der Waals surface area contributed by atoms with Crippen molar-refractivity contribution in [1.29, 1.82) is 0 Å². The number of aromatic nitrogens is 1. The van der Waals surface area contributed by atoms with Crippen molar-refractivity contribution in [2.45, 2.75) is 6.92 Å². The summed E-state index contributed by atoms with van der Waals surface area (Å²) in [6, 6.07) is 6.03. The lowest BCUT2D eigenvalue weighted by Gasteiger charge is -2.05. The molecule has 2 aromatic rings. The van der Waals surface area contributed by atoms with E-state index in [9.17, 15) is 0 Å². The van der Waals surface area contributed by atoms with Crippen molar-refractivity contribution < 1.29 is 4.74 Å². The summed E-state index contributed by atoms with van der Waals surface area (Å²) in [5.41, 5.74) is 5.25. The monoisotopic (exact) mass is 205 g/mol. The molecule has 0 saturated heterocycles. The summed E-state index contributed by atoms with van der Waals surface area (Å²) in [6.07, 6.45) is 0. The fraction of sp³-hybridized carbons (Fsp3) is 0.182. The van der Waals surface area contributed by atoms with Gasteiger partial charge in [-0.1, -0.05) is 0 Å². The van der Waals surface area contributed by atoms with E-state index in [1.807, 2.05) is 23.7 Å². The van der Waals surface area contributed by atoms with E-state index in [1.54, 1.807) is 18.4 Å². The summed E-state index contributed by atoms with van der Waals surface area (Å²) in [5.74, 6) is 0.890. The molecule has 3 heteroatoms. The van der Waals surface area contributed by atoms with Gasteiger partial charge in [-0.25, -0.2) is 4.98 Å². The first kappa shape index (κ1) is 9.21. The van der Waals surface area contributed by atoms with E-state index in [2.05, 4.69) is 17.3 Å².